The van der Waals surface area contributed by atoms with E-state index in [-0.39, 0.29) is 29.5 Å². The van der Waals surface area contributed by atoms with E-state index in [1.807, 2.05) is 15.9 Å². The molecular weight excluding hydrogens is 393 g/mol. The van der Waals surface area contributed by atoms with E-state index in [0.717, 1.165) is 0 Å². The van der Waals surface area contributed by atoms with Gasteiger partial charge in [0.15, 0.2) is 0 Å². The highest BCUT2D eigenvalue weighted by atomic mass is 19.1. The monoisotopic (exact) mass is 413 g/mol. The summed E-state index contributed by atoms with van der Waals surface area (Å²) < 4.78 is 19.3. The fourth-order valence-corrected chi connectivity index (χ4v) is 3.27. The molecule has 0 bridgehead atoms. The minimum absolute atomic E-state index is 0.129. The van der Waals surface area contributed by atoms with Gasteiger partial charge in [-0.3, -0.25) is 19.8 Å². The van der Waals surface area contributed by atoms with Crippen LogP contribution in [0, 0.1) is 27.3 Å². The molecule has 0 unspecified atom stereocenters. The van der Waals surface area contributed by atoms with Gasteiger partial charge in [0.2, 0.25) is 5.91 Å². The molecule has 10 heteroatoms. The van der Waals surface area contributed by atoms with E-state index in [0.29, 0.717) is 37.6 Å². The van der Waals surface area contributed by atoms with Crippen LogP contribution >= 0.6 is 0 Å². The lowest BCUT2D eigenvalue weighted by Gasteiger charge is -2.35. The third-order valence-corrected chi connectivity index (χ3v) is 4.83. The number of nitrogens with one attached hydrogen (secondary N) is 1. The summed E-state index contributed by atoms with van der Waals surface area (Å²) in [7, 11) is 1.37. The van der Waals surface area contributed by atoms with Gasteiger partial charge in [0, 0.05) is 32.2 Å². The van der Waals surface area contributed by atoms with Crippen LogP contribution in [-0.2, 0) is 4.79 Å². The van der Waals surface area contributed by atoms with Gasteiger partial charge in [-0.15, -0.1) is 0 Å². The van der Waals surface area contributed by atoms with E-state index in [9.17, 15) is 19.3 Å². The average Bonchev–Trinajstić information content (AvgIpc) is 2.74. The van der Waals surface area contributed by atoms with Gasteiger partial charge in [0.25, 0.3) is 5.69 Å². The van der Waals surface area contributed by atoms with Crippen LogP contribution < -0.4 is 15.0 Å². The van der Waals surface area contributed by atoms with Gasteiger partial charge in [-0.1, -0.05) is 0 Å². The number of anilines is 2. The lowest BCUT2D eigenvalue weighted by Crippen LogP contribution is -2.48. The third-order valence-electron chi connectivity index (χ3n) is 4.83. The van der Waals surface area contributed by atoms with Crippen LogP contribution in [0.1, 0.15) is 5.56 Å². The number of methoxy groups -OCH3 is 1. The predicted molar refractivity (Wildman–Crippen MR) is 108 cm³/mol. The number of nitrogens with zero attached hydrogens (tertiary/aromatic N) is 4. The van der Waals surface area contributed by atoms with E-state index < -0.39 is 10.7 Å². The van der Waals surface area contributed by atoms with Gasteiger partial charge in [-0.2, -0.15) is 5.26 Å². The molecule has 0 radical (unpaired) electrons. The van der Waals surface area contributed by atoms with Crippen LogP contribution in [0.25, 0.3) is 0 Å². The first-order valence-corrected chi connectivity index (χ1v) is 9.20. The summed E-state index contributed by atoms with van der Waals surface area (Å²) in [6.45, 7) is 2.33. The Kier molecular flexibility index (Phi) is 6.44. The Morgan fingerprint density at radius 3 is 2.60 bits per heavy atom. The van der Waals surface area contributed by atoms with Crippen molar-refractivity contribution in [1.82, 2.24) is 4.90 Å². The van der Waals surface area contributed by atoms with Crippen molar-refractivity contribution in [2.75, 3.05) is 50.1 Å². The highest BCUT2D eigenvalue weighted by molar-refractivity contribution is 5.94. The van der Waals surface area contributed by atoms with Crippen molar-refractivity contribution >= 4 is 23.0 Å². The molecule has 1 aliphatic heterocycles. The summed E-state index contributed by atoms with van der Waals surface area (Å²) in [4.78, 5) is 26.5. The first kappa shape index (κ1) is 21.0. The number of nitro benzene ring substituents is 1. The molecule has 0 aliphatic carbocycles. The number of hydrogen-bond donors (Lipinski definition) is 1. The first-order chi connectivity index (χ1) is 14.4. The highest BCUT2D eigenvalue weighted by Crippen LogP contribution is 2.29. The molecule has 1 heterocycles. The Balaban J connectivity index is 1.56. The summed E-state index contributed by atoms with van der Waals surface area (Å²) in [5.41, 5.74) is 0.935. The van der Waals surface area contributed by atoms with Crippen LogP contribution in [0.5, 0.6) is 5.75 Å². The Labute approximate surface area is 172 Å². The van der Waals surface area contributed by atoms with Crippen LogP contribution in [-0.4, -0.2) is 55.6 Å². The Bertz CT molecular complexity index is 999. The molecule has 0 spiro atoms. The van der Waals surface area contributed by atoms with Crippen LogP contribution in [0.3, 0.4) is 0 Å². The Morgan fingerprint density at radius 1 is 1.27 bits per heavy atom. The quantitative estimate of drug-likeness (QED) is 0.572. The number of halogens is 1. The SMILES string of the molecule is COc1cc([N+](=O)[O-])ccc1NC(=O)CN1CCN(c2ccc(C#N)cc2F)CC1. The Hall–Kier alpha value is -3.71. The minimum atomic E-state index is -0.537. The molecule has 3 rings (SSSR count). The number of benzene rings is 2. The topological polar surface area (TPSA) is 112 Å². The smallest absolute Gasteiger partial charge is 0.273 e. The fraction of sp³-hybridized carbons (Fsp3) is 0.300. The number of carbonyl (C=O) groups excluding carboxylic acids is 1. The fourth-order valence-electron chi connectivity index (χ4n) is 3.27. The van der Waals surface area contributed by atoms with E-state index in [2.05, 4.69) is 5.32 Å². The van der Waals surface area contributed by atoms with Gasteiger partial charge < -0.3 is 15.0 Å². The number of amides is 1. The van der Waals surface area contributed by atoms with Crippen molar-refractivity contribution in [3.05, 3.63) is 57.9 Å². The van der Waals surface area contributed by atoms with Crippen molar-refractivity contribution < 1.29 is 18.8 Å². The number of nitro groups is 1. The van der Waals surface area contributed by atoms with Crippen molar-refractivity contribution in [3.63, 3.8) is 0 Å². The van der Waals surface area contributed by atoms with Crippen molar-refractivity contribution in [1.29, 1.82) is 5.26 Å². The molecule has 0 saturated carbocycles. The third kappa shape index (κ3) is 4.82. The molecule has 9 nitrogen and oxygen atoms in total. The maximum absolute atomic E-state index is 14.2. The molecule has 156 valence electrons. The second kappa shape index (κ2) is 9.19. The largest absolute Gasteiger partial charge is 0.494 e. The van der Waals surface area contributed by atoms with Crippen molar-refractivity contribution in [3.8, 4) is 11.8 Å². The van der Waals surface area contributed by atoms with Crippen LogP contribution in [0.4, 0.5) is 21.5 Å². The lowest BCUT2D eigenvalue weighted by molar-refractivity contribution is -0.384. The highest BCUT2D eigenvalue weighted by Gasteiger charge is 2.22. The number of nitriles is 1. The van der Waals surface area contributed by atoms with Crippen molar-refractivity contribution in [2.45, 2.75) is 0 Å². The Morgan fingerprint density at radius 2 is 2.00 bits per heavy atom. The molecular formula is C20H20FN5O4. The zero-order chi connectivity index (χ0) is 21.7. The second-order valence-electron chi connectivity index (χ2n) is 6.73. The summed E-state index contributed by atoms with van der Waals surface area (Å²) in [6, 6.07) is 10.3. The van der Waals surface area contributed by atoms with Gasteiger partial charge in [0.05, 0.1) is 47.7 Å². The van der Waals surface area contributed by atoms with Crippen LogP contribution in [0.15, 0.2) is 36.4 Å². The van der Waals surface area contributed by atoms with E-state index in [1.165, 1.54) is 31.4 Å². The maximum Gasteiger partial charge on any atom is 0.273 e. The molecule has 2 aromatic rings. The number of piperazine rings is 1. The predicted octanol–water partition coefficient (Wildman–Crippen LogP) is 2.37. The minimum Gasteiger partial charge on any atom is -0.494 e. The molecule has 1 N–H and O–H groups in total. The molecule has 0 atom stereocenters. The molecule has 1 fully saturated rings. The van der Waals surface area contributed by atoms with Gasteiger partial charge in [-0.25, -0.2) is 4.39 Å². The molecule has 0 aromatic heterocycles. The zero-order valence-corrected chi connectivity index (χ0v) is 16.3. The zero-order valence-electron chi connectivity index (χ0n) is 16.3. The standard InChI is InChI=1S/C20H20FN5O4/c1-30-19-11-15(26(28)29)3-4-17(19)23-20(27)13-24-6-8-25(9-7-24)18-5-2-14(12-22)10-16(18)21/h2-5,10-11H,6-9,13H2,1H3,(H,23,27). The summed E-state index contributed by atoms with van der Waals surface area (Å²) >= 11 is 0. The number of non-ortho nitro benzene ring substituents is 1. The van der Waals surface area contributed by atoms with Gasteiger partial charge in [-0.05, 0) is 24.3 Å². The molecule has 30 heavy (non-hydrogen) atoms. The number of rotatable bonds is 6. The number of ether oxygens (including phenoxy) is 1. The molecule has 1 saturated heterocycles. The number of hydrogen-bond acceptors (Lipinski definition) is 7. The summed E-state index contributed by atoms with van der Waals surface area (Å²) in [6.07, 6.45) is 0. The summed E-state index contributed by atoms with van der Waals surface area (Å²) in [5.74, 6) is -0.510. The molecule has 1 aliphatic rings. The van der Waals surface area contributed by atoms with E-state index in [1.54, 1.807) is 12.1 Å². The summed E-state index contributed by atoms with van der Waals surface area (Å²) in [5, 5.41) is 22.4. The normalized spacial score (nSPS) is 14.1. The van der Waals surface area contributed by atoms with E-state index in [4.69, 9.17) is 10.00 Å². The second-order valence-corrected chi connectivity index (χ2v) is 6.73. The molecule has 2 aromatic carbocycles. The van der Waals surface area contributed by atoms with Gasteiger partial charge >= 0.3 is 0 Å². The van der Waals surface area contributed by atoms with Crippen LogP contribution in [0.2, 0.25) is 0 Å². The maximum atomic E-state index is 14.2. The average molecular weight is 413 g/mol. The number of carbonyl (C=O) groups is 1. The first-order valence-electron chi connectivity index (χ1n) is 9.20. The van der Waals surface area contributed by atoms with Crippen molar-refractivity contribution in [2.24, 2.45) is 0 Å². The molecule has 1 amide bonds. The van der Waals surface area contributed by atoms with Gasteiger partial charge in [0.1, 0.15) is 11.6 Å². The van der Waals surface area contributed by atoms with E-state index >= 15 is 0 Å². The lowest BCUT2D eigenvalue weighted by atomic mass is 10.2.